The van der Waals surface area contributed by atoms with Gasteiger partial charge in [0.2, 0.25) is 0 Å². The Kier molecular flexibility index (Phi) is 5.62. The third-order valence-corrected chi connectivity index (χ3v) is 6.35. The zero-order valence-corrected chi connectivity index (χ0v) is 15.2. The van der Waals surface area contributed by atoms with Crippen molar-refractivity contribution in [2.24, 2.45) is 46.8 Å². The van der Waals surface area contributed by atoms with E-state index in [1.165, 1.54) is 6.42 Å². The highest BCUT2D eigenvalue weighted by Crippen LogP contribution is 2.64. The van der Waals surface area contributed by atoms with Crippen molar-refractivity contribution in [2.75, 3.05) is 19.8 Å². The summed E-state index contributed by atoms with van der Waals surface area (Å²) in [5.74, 6) is 5.31. The van der Waals surface area contributed by atoms with Crippen LogP contribution >= 0.6 is 0 Å². The van der Waals surface area contributed by atoms with Crippen LogP contribution in [-0.4, -0.2) is 36.1 Å². The highest BCUT2D eigenvalue weighted by Gasteiger charge is 2.60. The number of aliphatic hydroxyl groups is 2. The molecule has 2 bridgehead atoms. The van der Waals surface area contributed by atoms with Gasteiger partial charge < -0.3 is 14.9 Å². The zero-order chi connectivity index (χ0) is 16.7. The summed E-state index contributed by atoms with van der Waals surface area (Å²) in [7, 11) is 0. The number of rotatable bonds is 6. The Bertz CT molecular complexity index is 360. The van der Waals surface area contributed by atoms with Crippen LogP contribution in [0.25, 0.3) is 0 Å². The van der Waals surface area contributed by atoms with Crippen molar-refractivity contribution < 1.29 is 14.9 Å². The van der Waals surface area contributed by atoms with Crippen LogP contribution in [0, 0.1) is 46.8 Å². The number of hydrogen-bond donors (Lipinski definition) is 2. The van der Waals surface area contributed by atoms with E-state index in [0.29, 0.717) is 11.3 Å². The van der Waals surface area contributed by atoms with E-state index in [2.05, 4.69) is 41.5 Å². The summed E-state index contributed by atoms with van der Waals surface area (Å²) in [5, 5.41) is 18.3. The Hall–Kier alpha value is -0.120. The predicted molar refractivity (Wildman–Crippen MR) is 89.4 cm³/mol. The summed E-state index contributed by atoms with van der Waals surface area (Å²) >= 11 is 0. The van der Waals surface area contributed by atoms with Gasteiger partial charge in [0, 0.05) is 6.61 Å². The average molecular weight is 312 g/mol. The Balaban J connectivity index is 2.06. The van der Waals surface area contributed by atoms with Gasteiger partial charge >= 0.3 is 0 Å². The van der Waals surface area contributed by atoms with Crippen molar-refractivity contribution in [3.63, 3.8) is 0 Å². The topological polar surface area (TPSA) is 49.7 Å². The van der Waals surface area contributed by atoms with Crippen LogP contribution in [0.2, 0.25) is 0 Å². The maximum atomic E-state index is 9.44. The first kappa shape index (κ1) is 18.2. The molecule has 2 N–H and O–H groups in total. The van der Waals surface area contributed by atoms with Gasteiger partial charge in [-0.3, -0.25) is 0 Å². The Morgan fingerprint density at radius 3 is 2.36 bits per heavy atom. The molecule has 2 aliphatic rings. The van der Waals surface area contributed by atoms with Crippen molar-refractivity contribution in [1.29, 1.82) is 0 Å². The van der Waals surface area contributed by atoms with Crippen LogP contribution in [-0.2, 0) is 4.74 Å². The molecule has 130 valence electrons. The summed E-state index contributed by atoms with van der Waals surface area (Å²) in [6.07, 6.45) is 0.536. The molecule has 7 atom stereocenters. The fraction of sp³-hybridized carbons (Fsp3) is 1.00. The van der Waals surface area contributed by atoms with Gasteiger partial charge in [-0.2, -0.15) is 0 Å². The zero-order valence-electron chi connectivity index (χ0n) is 15.2. The molecule has 0 spiro atoms. The van der Waals surface area contributed by atoms with Gasteiger partial charge in [-0.1, -0.05) is 41.5 Å². The molecule has 0 radical (unpaired) electrons. The highest BCUT2D eigenvalue weighted by atomic mass is 16.5. The van der Waals surface area contributed by atoms with Crippen molar-refractivity contribution in [2.45, 2.75) is 54.1 Å². The van der Waals surface area contributed by atoms with Gasteiger partial charge in [0.25, 0.3) is 0 Å². The van der Waals surface area contributed by atoms with Gasteiger partial charge in [-0.25, -0.2) is 0 Å². The van der Waals surface area contributed by atoms with E-state index in [-0.39, 0.29) is 13.2 Å². The minimum atomic E-state index is -0.738. The second-order valence-electron chi connectivity index (χ2n) is 9.18. The van der Waals surface area contributed by atoms with Gasteiger partial charge in [-0.05, 0) is 53.3 Å². The maximum Gasteiger partial charge on any atom is 0.100 e. The van der Waals surface area contributed by atoms with Crippen LogP contribution < -0.4 is 0 Å². The molecule has 0 aliphatic heterocycles. The van der Waals surface area contributed by atoms with Crippen LogP contribution in [0.3, 0.4) is 0 Å². The van der Waals surface area contributed by atoms with E-state index < -0.39 is 6.10 Å². The van der Waals surface area contributed by atoms with Crippen LogP contribution in [0.1, 0.15) is 48.0 Å². The van der Waals surface area contributed by atoms with E-state index in [1.807, 2.05) is 0 Å². The minimum absolute atomic E-state index is 0.215. The monoisotopic (exact) mass is 312 g/mol. The fourth-order valence-corrected chi connectivity index (χ4v) is 5.74. The molecule has 3 heteroatoms. The minimum Gasteiger partial charge on any atom is -0.394 e. The molecule has 0 heterocycles. The number of hydrogen-bond acceptors (Lipinski definition) is 3. The second-order valence-corrected chi connectivity index (χ2v) is 9.18. The Labute approximate surface area is 136 Å². The standard InChI is InChI=1S/C19H36O3/c1-11(2)16-15-7-13(9-22-10-14(21)8-20)17(12(15)3)18(16)19(4,5)6/h11-18,20-21H,7-10H2,1-6H3. The van der Waals surface area contributed by atoms with E-state index in [0.717, 1.165) is 42.1 Å². The summed E-state index contributed by atoms with van der Waals surface area (Å²) in [6, 6.07) is 0. The first-order valence-electron chi connectivity index (χ1n) is 9.05. The molecule has 2 aliphatic carbocycles. The molecule has 2 saturated carbocycles. The second kappa shape index (κ2) is 6.78. The molecular weight excluding hydrogens is 276 g/mol. The lowest BCUT2D eigenvalue weighted by Crippen LogP contribution is -2.40. The molecule has 0 aromatic carbocycles. The Morgan fingerprint density at radius 2 is 1.86 bits per heavy atom. The van der Waals surface area contributed by atoms with E-state index in [4.69, 9.17) is 9.84 Å². The third-order valence-electron chi connectivity index (χ3n) is 6.35. The van der Waals surface area contributed by atoms with E-state index in [1.54, 1.807) is 0 Å². The largest absolute Gasteiger partial charge is 0.394 e. The predicted octanol–water partition coefficient (Wildman–Crippen LogP) is 3.19. The number of ether oxygens (including phenoxy) is 1. The molecule has 2 rings (SSSR count). The molecule has 2 fully saturated rings. The normalized spacial score (nSPS) is 39.7. The molecule has 7 unspecified atom stereocenters. The van der Waals surface area contributed by atoms with E-state index in [9.17, 15) is 5.11 Å². The Morgan fingerprint density at radius 1 is 1.23 bits per heavy atom. The average Bonchev–Trinajstić information content (AvgIpc) is 2.88. The third kappa shape index (κ3) is 3.37. The van der Waals surface area contributed by atoms with Crippen molar-refractivity contribution in [3.8, 4) is 0 Å². The molecule has 0 aromatic rings. The van der Waals surface area contributed by atoms with Crippen LogP contribution in [0.15, 0.2) is 0 Å². The first-order valence-corrected chi connectivity index (χ1v) is 9.05. The van der Waals surface area contributed by atoms with Crippen molar-refractivity contribution in [1.82, 2.24) is 0 Å². The van der Waals surface area contributed by atoms with Gasteiger partial charge in [0.05, 0.1) is 13.2 Å². The molecule has 22 heavy (non-hydrogen) atoms. The quantitative estimate of drug-likeness (QED) is 0.792. The smallest absolute Gasteiger partial charge is 0.100 e. The van der Waals surface area contributed by atoms with Crippen LogP contribution in [0.4, 0.5) is 0 Å². The number of aliphatic hydroxyl groups excluding tert-OH is 2. The summed E-state index contributed by atoms with van der Waals surface area (Å²) in [5.41, 5.74) is 0.339. The summed E-state index contributed by atoms with van der Waals surface area (Å²) in [4.78, 5) is 0. The lowest BCUT2D eigenvalue weighted by atomic mass is 9.61. The molecule has 0 aromatic heterocycles. The molecule has 0 saturated heterocycles. The highest BCUT2D eigenvalue weighted by molar-refractivity contribution is 5.07. The first-order chi connectivity index (χ1) is 10.2. The van der Waals surface area contributed by atoms with Gasteiger partial charge in [-0.15, -0.1) is 0 Å². The van der Waals surface area contributed by atoms with E-state index >= 15 is 0 Å². The molecular formula is C19H36O3. The number of fused-ring (bicyclic) bond motifs is 2. The van der Waals surface area contributed by atoms with Gasteiger partial charge in [0.15, 0.2) is 0 Å². The summed E-state index contributed by atoms with van der Waals surface area (Å²) < 4.78 is 5.72. The SMILES string of the molecule is CC(C)C1C2CC(COCC(O)CO)C(C2C)C1C(C)(C)C. The maximum absolute atomic E-state index is 9.44. The van der Waals surface area contributed by atoms with Crippen LogP contribution in [0.5, 0.6) is 0 Å². The van der Waals surface area contributed by atoms with Crippen molar-refractivity contribution in [3.05, 3.63) is 0 Å². The lowest BCUT2D eigenvalue weighted by molar-refractivity contribution is -0.0342. The fourth-order valence-electron chi connectivity index (χ4n) is 5.74. The summed E-state index contributed by atoms with van der Waals surface area (Å²) in [6.45, 7) is 15.2. The van der Waals surface area contributed by atoms with Crippen molar-refractivity contribution >= 4 is 0 Å². The lowest BCUT2D eigenvalue weighted by Gasteiger charge is -2.45. The van der Waals surface area contributed by atoms with Gasteiger partial charge in [0.1, 0.15) is 6.10 Å². The molecule has 0 amide bonds. The molecule has 3 nitrogen and oxygen atoms in total.